The van der Waals surface area contributed by atoms with Crippen LogP contribution in [0.4, 0.5) is 0 Å². The quantitative estimate of drug-likeness (QED) is 0.584. The first-order valence-corrected chi connectivity index (χ1v) is 4.29. The maximum atomic E-state index is 11.2. The molecule has 0 spiro atoms. The molecule has 0 aliphatic carbocycles. The van der Waals surface area contributed by atoms with Crippen LogP contribution in [0.5, 0.6) is 0 Å². The maximum Gasteiger partial charge on any atom is 0.223 e. The first-order chi connectivity index (χ1) is 5.63. The summed E-state index contributed by atoms with van der Waals surface area (Å²) in [6.45, 7) is 3.40. The van der Waals surface area contributed by atoms with Crippen molar-refractivity contribution in [2.24, 2.45) is 11.7 Å². The van der Waals surface area contributed by atoms with E-state index in [1.807, 2.05) is 6.92 Å². The standard InChI is InChI=1S/C8H16N2O2/c1-6-2-8(12)10(4-6)5-7(11)3-9/h6-7,11H,2-5,9H2,1H3. The Bertz CT molecular complexity index is 172. The molecule has 1 rings (SSSR count). The van der Waals surface area contributed by atoms with E-state index in [1.54, 1.807) is 4.90 Å². The summed E-state index contributed by atoms with van der Waals surface area (Å²) in [4.78, 5) is 12.9. The monoisotopic (exact) mass is 172 g/mol. The number of β-amino-alcohol motifs (C(OH)–C–C–N with tert-alkyl or cyclic N) is 1. The fourth-order valence-electron chi connectivity index (χ4n) is 1.48. The van der Waals surface area contributed by atoms with E-state index in [1.165, 1.54) is 0 Å². The van der Waals surface area contributed by atoms with Crippen molar-refractivity contribution < 1.29 is 9.90 Å². The fourth-order valence-corrected chi connectivity index (χ4v) is 1.48. The number of carbonyl (C=O) groups is 1. The van der Waals surface area contributed by atoms with Gasteiger partial charge >= 0.3 is 0 Å². The molecular weight excluding hydrogens is 156 g/mol. The number of nitrogens with two attached hydrogens (primary N) is 1. The number of hydrogen-bond donors (Lipinski definition) is 2. The number of aliphatic hydroxyl groups excluding tert-OH is 1. The molecule has 1 fully saturated rings. The summed E-state index contributed by atoms with van der Waals surface area (Å²) in [6.07, 6.45) is 0.0383. The van der Waals surface area contributed by atoms with E-state index in [-0.39, 0.29) is 12.5 Å². The highest BCUT2D eigenvalue weighted by molar-refractivity contribution is 5.78. The van der Waals surface area contributed by atoms with E-state index in [0.29, 0.717) is 18.9 Å². The van der Waals surface area contributed by atoms with Crippen LogP contribution >= 0.6 is 0 Å². The van der Waals surface area contributed by atoms with Crippen molar-refractivity contribution in [2.75, 3.05) is 19.6 Å². The molecule has 3 N–H and O–H groups in total. The van der Waals surface area contributed by atoms with Crippen LogP contribution in [-0.2, 0) is 4.79 Å². The lowest BCUT2D eigenvalue weighted by Crippen LogP contribution is -2.37. The second-order valence-electron chi connectivity index (χ2n) is 3.50. The predicted octanol–water partition coefficient (Wildman–Crippen LogP) is -0.826. The Balaban J connectivity index is 2.37. The van der Waals surface area contributed by atoms with Gasteiger partial charge in [-0.15, -0.1) is 0 Å². The van der Waals surface area contributed by atoms with Crippen LogP contribution in [0.15, 0.2) is 0 Å². The Labute approximate surface area is 72.3 Å². The van der Waals surface area contributed by atoms with Crippen LogP contribution < -0.4 is 5.73 Å². The van der Waals surface area contributed by atoms with Crippen LogP contribution in [-0.4, -0.2) is 41.7 Å². The third kappa shape index (κ3) is 2.19. The molecule has 1 heterocycles. The van der Waals surface area contributed by atoms with Crippen molar-refractivity contribution in [3.8, 4) is 0 Å². The molecule has 0 saturated carbocycles. The summed E-state index contributed by atoms with van der Waals surface area (Å²) >= 11 is 0. The molecule has 4 nitrogen and oxygen atoms in total. The van der Waals surface area contributed by atoms with E-state index in [9.17, 15) is 9.90 Å². The minimum atomic E-state index is -0.570. The molecule has 12 heavy (non-hydrogen) atoms. The van der Waals surface area contributed by atoms with Crippen molar-refractivity contribution in [3.05, 3.63) is 0 Å². The average molecular weight is 172 g/mol. The van der Waals surface area contributed by atoms with Gasteiger partial charge in [0.15, 0.2) is 0 Å². The van der Waals surface area contributed by atoms with Crippen molar-refractivity contribution in [1.82, 2.24) is 4.90 Å². The van der Waals surface area contributed by atoms with E-state index in [2.05, 4.69) is 0 Å². The van der Waals surface area contributed by atoms with Gasteiger partial charge < -0.3 is 15.7 Å². The second-order valence-corrected chi connectivity index (χ2v) is 3.50. The van der Waals surface area contributed by atoms with Crippen LogP contribution in [0, 0.1) is 5.92 Å². The van der Waals surface area contributed by atoms with E-state index in [0.717, 1.165) is 6.54 Å². The number of rotatable bonds is 3. The van der Waals surface area contributed by atoms with Gasteiger partial charge in [0.25, 0.3) is 0 Å². The summed E-state index contributed by atoms with van der Waals surface area (Å²) < 4.78 is 0. The second kappa shape index (κ2) is 3.87. The summed E-state index contributed by atoms with van der Waals surface area (Å²) in [7, 11) is 0. The van der Waals surface area contributed by atoms with Gasteiger partial charge in [-0.3, -0.25) is 4.79 Å². The van der Waals surface area contributed by atoms with Crippen molar-refractivity contribution in [3.63, 3.8) is 0 Å². The molecule has 0 aromatic carbocycles. The van der Waals surface area contributed by atoms with Gasteiger partial charge in [0.2, 0.25) is 5.91 Å². The normalized spacial score (nSPS) is 26.4. The smallest absolute Gasteiger partial charge is 0.223 e. The highest BCUT2D eigenvalue weighted by atomic mass is 16.3. The third-order valence-corrected chi connectivity index (χ3v) is 2.11. The Kier molecular flexibility index (Phi) is 3.05. The van der Waals surface area contributed by atoms with Gasteiger partial charge in [0.05, 0.1) is 6.10 Å². The average Bonchev–Trinajstić information content (AvgIpc) is 2.30. The Morgan fingerprint density at radius 2 is 2.50 bits per heavy atom. The topological polar surface area (TPSA) is 66.6 Å². The van der Waals surface area contributed by atoms with E-state index >= 15 is 0 Å². The minimum Gasteiger partial charge on any atom is -0.390 e. The van der Waals surface area contributed by atoms with Gasteiger partial charge in [-0.05, 0) is 5.92 Å². The van der Waals surface area contributed by atoms with Gasteiger partial charge in [-0.25, -0.2) is 0 Å². The highest BCUT2D eigenvalue weighted by Crippen LogP contribution is 2.16. The highest BCUT2D eigenvalue weighted by Gasteiger charge is 2.27. The molecule has 4 heteroatoms. The maximum absolute atomic E-state index is 11.2. The van der Waals surface area contributed by atoms with Crippen molar-refractivity contribution in [2.45, 2.75) is 19.4 Å². The van der Waals surface area contributed by atoms with Crippen molar-refractivity contribution in [1.29, 1.82) is 0 Å². The van der Waals surface area contributed by atoms with E-state index in [4.69, 9.17) is 5.73 Å². The Morgan fingerprint density at radius 1 is 1.83 bits per heavy atom. The summed E-state index contributed by atoms with van der Waals surface area (Å²) in [5.41, 5.74) is 5.24. The minimum absolute atomic E-state index is 0.134. The SMILES string of the molecule is CC1CC(=O)N(CC(O)CN)C1. The molecule has 1 amide bonds. The van der Waals surface area contributed by atoms with Gasteiger partial charge in [-0.2, -0.15) is 0 Å². The zero-order valence-electron chi connectivity index (χ0n) is 7.36. The number of hydrogen-bond acceptors (Lipinski definition) is 3. The Morgan fingerprint density at radius 3 is 2.92 bits per heavy atom. The number of likely N-dealkylation sites (tertiary alicyclic amines) is 1. The van der Waals surface area contributed by atoms with Gasteiger partial charge in [-0.1, -0.05) is 6.92 Å². The Hall–Kier alpha value is -0.610. The molecule has 1 aliphatic heterocycles. The largest absolute Gasteiger partial charge is 0.390 e. The zero-order valence-corrected chi connectivity index (χ0v) is 7.36. The molecule has 1 aliphatic rings. The lowest BCUT2D eigenvalue weighted by molar-refractivity contribution is -0.128. The molecule has 2 atom stereocenters. The van der Waals surface area contributed by atoms with Crippen LogP contribution in [0.2, 0.25) is 0 Å². The van der Waals surface area contributed by atoms with Crippen LogP contribution in [0.3, 0.4) is 0 Å². The number of aliphatic hydroxyl groups is 1. The molecule has 0 aromatic rings. The van der Waals surface area contributed by atoms with E-state index < -0.39 is 6.10 Å². The number of carbonyl (C=O) groups excluding carboxylic acids is 1. The number of nitrogens with zero attached hydrogens (tertiary/aromatic N) is 1. The predicted molar refractivity (Wildman–Crippen MR) is 45.4 cm³/mol. The van der Waals surface area contributed by atoms with Crippen LogP contribution in [0.1, 0.15) is 13.3 Å². The fraction of sp³-hybridized carbons (Fsp3) is 0.875. The molecule has 1 saturated heterocycles. The third-order valence-electron chi connectivity index (χ3n) is 2.11. The van der Waals surface area contributed by atoms with Crippen LogP contribution in [0.25, 0.3) is 0 Å². The molecule has 0 radical (unpaired) electrons. The lowest BCUT2D eigenvalue weighted by Gasteiger charge is -2.18. The number of amides is 1. The molecule has 0 aromatic heterocycles. The molecular formula is C8H16N2O2. The summed E-state index contributed by atoms with van der Waals surface area (Å²) in [6, 6.07) is 0. The molecule has 70 valence electrons. The molecule has 2 unspecified atom stereocenters. The van der Waals surface area contributed by atoms with Crippen molar-refractivity contribution >= 4 is 5.91 Å². The summed E-state index contributed by atoms with van der Waals surface area (Å²) in [5, 5.41) is 9.20. The van der Waals surface area contributed by atoms with Gasteiger partial charge in [0.1, 0.15) is 0 Å². The zero-order chi connectivity index (χ0) is 9.14. The molecule has 0 bridgehead atoms. The first-order valence-electron chi connectivity index (χ1n) is 4.29. The summed E-state index contributed by atoms with van der Waals surface area (Å²) in [5.74, 6) is 0.553. The lowest BCUT2D eigenvalue weighted by atomic mass is 10.2. The first kappa shape index (κ1) is 9.48. The van der Waals surface area contributed by atoms with Gasteiger partial charge in [0, 0.05) is 26.1 Å².